The summed E-state index contributed by atoms with van der Waals surface area (Å²) >= 11 is 0. The van der Waals surface area contributed by atoms with Crippen molar-refractivity contribution in [3.63, 3.8) is 0 Å². The maximum atomic E-state index is 13.2. The van der Waals surface area contributed by atoms with Crippen LogP contribution in [0.25, 0.3) is 0 Å². The van der Waals surface area contributed by atoms with Gasteiger partial charge in [0.25, 0.3) is 0 Å². The molecular weight excluding hydrogens is 266 g/mol. The molecule has 1 aliphatic rings. The number of halogens is 2. The number of benzene rings is 1. The average molecular weight is 282 g/mol. The van der Waals surface area contributed by atoms with Crippen molar-refractivity contribution in [2.45, 2.75) is 38.9 Å². The molecule has 2 rings (SSSR count). The van der Waals surface area contributed by atoms with Crippen LogP contribution in [0.2, 0.25) is 0 Å². The smallest absolute Gasteiger partial charge is 0.245 e. The van der Waals surface area contributed by atoms with Gasteiger partial charge in [-0.05, 0) is 31.5 Å². The second-order valence-corrected chi connectivity index (χ2v) is 5.06. The van der Waals surface area contributed by atoms with Crippen LogP contribution in [0, 0.1) is 11.6 Å². The molecule has 1 saturated heterocycles. The van der Waals surface area contributed by atoms with E-state index in [1.165, 1.54) is 11.0 Å². The van der Waals surface area contributed by atoms with E-state index in [-0.39, 0.29) is 30.8 Å². The van der Waals surface area contributed by atoms with Crippen molar-refractivity contribution < 1.29 is 18.4 Å². The lowest BCUT2D eigenvalue weighted by Crippen LogP contribution is -2.44. The van der Waals surface area contributed by atoms with E-state index in [1.54, 1.807) is 13.8 Å². The summed E-state index contributed by atoms with van der Waals surface area (Å²) in [5, 5.41) is 2.59. The number of amides is 2. The Morgan fingerprint density at radius 1 is 1.25 bits per heavy atom. The second-order valence-electron chi connectivity index (χ2n) is 5.06. The van der Waals surface area contributed by atoms with Gasteiger partial charge in [0, 0.05) is 19.0 Å². The highest BCUT2D eigenvalue weighted by Crippen LogP contribution is 2.17. The Labute approximate surface area is 115 Å². The predicted molar refractivity (Wildman–Crippen MR) is 68.6 cm³/mol. The Hall–Kier alpha value is -1.98. The quantitative estimate of drug-likeness (QED) is 0.895. The molecular formula is C14H16F2N2O2. The molecule has 6 heteroatoms. The van der Waals surface area contributed by atoms with Crippen molar-refractivity contribution in [3.8, 4) is 0 Å². The number of nitrogens with one attached hydrogen (secondary N) is 1. The summed E-state index contributed by atoms with van der Waals surface area (Å²) in [5.74, 6) is -2.28. The van der Waals surface area contributed by atoms with Gasteiger partial charge in [-0.25, -0.2) is 8.78 Å². The van der Waals surface area contributed by atoms with E-state index in [1.807, 2.05) is 0 Å². The van der Waals surface area contributed by atoms with E-state index >= 15 is 0 Å². The molecule has 0 saturated carbocycles. The SMILES string of the molecule is CC1NC(=O)CC(C)N(Cc2ccc(F)c(F)c2)C1=O. The first kappa shape index (κ1) is 14.4. The van der Waals surface area contributed by atoms with Crippen LogP contribution in [0.1, 0.15) is 25.8 Å². The Bertz CT molecular complexity index is 548. The Balaban J connectivity index is 2.22. The van der Waals surface area contributed by atoms with Crippen LogP contribution in [0.3, 0.4) is 0 Å². The lowest BCUT2D eigenvalue weighted by Gasteiger charge is -2.28. The van der Waals surface area contributed by atoms with E-state index in [0.29, 0.717) is 5.56 Å². The number of carbonyl (C=O) groups is 2. The van der Waals surface area contributed by atoms with Gasteiger partial charge in [0.15, 0.2) is 11.6 Å². The minimum atomic E-state index is -0.945. The molecule has 0 bridgehead atoms. The average Bonchev–Trinajstić information content (AvgIpc) is 2.46. The number of nitrogens with zero attached hydrogens (tertiary/aromatic N) is 1. The molecule has 2 unspecified atom stereocenters. The minimum Gasteiger partial charge on any atom is -0.345 e. The Morgan fingerprint density at radius 3 is 2.60 bits per heavy atom. The summed E-state index contributed by atoms with van der Waals surface area (Å²) in [5.41, 5.74) is 0.491. The van der Waals surface area contributed by atoms with Gasteiger partial charge < -0.3 is 10.2 Å². The summed E-state index contributed by atoms with van der Waals surface area (Å²) in [6.07, 6.45) is 0.194. The highest BCUT2D eigenvalue weighted by atomic mass is 19.2. The topological polar surface area (TPSA) is 49.4 Å². The first-order chi connectivity index (χ1) is 9.38. The van der Waals surface area contributed by atoms with Crippen LogP contribution in [0.5, 0.6) is 0 Å². The monoisotopic (exact) mass is 282 g/mol. The van der Waals surface area contributed by atoms with Gasteiger partial charge in [-0.15, -0.1) is 0 Å². The van der Waals surface area contributed by atoms with E-state index in [2.05, 4.69) is 5.32 Å². The standard InChI is InChI=1S/C14H16F2N2O2/c1-8-5-13(19)17-9(2)14(20)18(8)7-10-3-4-11(15)12(16)6-10/h3-4,6,8-9H,5,7H2,1-2H3,(H,17,19). The van der Waals surface area contributed by atoms with Crippen molar-refractivity contribution in [3.05, 3.63) is 35.4 Å². The zero-order chi connectivity index (χ0) is 14.9. The fourth-order valence-electron chi connectivity index (χ4n) is 2.28. The molecule has 0 radical (unpaired) electrons. The molecule has 2 atom stereocenters. The maximum Gasteiger partial charge on any atom is 0.245 e. The van der Waals surface area contributed by atoms with Gasteiger partial charge in [0.2, 0.25) is 11.8 Å². The van der Waals surface area contributed by atoms with Crippen molar-refractivity contribution in [1.29, 1.82) is 0 Å². The molecule has 1 N–H and O–H groups in total. The minimum absolute atomic E-state index is 0.149. The normalized spacial score (nSPS) is 23.5. The van der Waals surface area contributed by atoms with Crippen molar-refractivity contribution >= 4 is 11.8 Å². The number of rotatable bonds is 2. The van der Waals surface area contributed by atoms with E-state index in [9.17, 15) is 18.4 Å². The van der Waals surface area contributed by atoms with E-state index in [4.69, 9.17) is 0 Å². The van der Waals surface area contributed by atoms with Crippen LogP contribution < -0.4 is 5.32 Å². The van der Waals surface area contributed by atoms with E-state index in [0.717, 1.165) is 12.1 Å². The summed E-state index contributed by atoms with van der Waals surface area (Å²) < 4.78 is 26.1. The number of hydrogen-bond acceptors (Lipinski definition) is 2. The maximum absolute atomic E-state index is 13.2. The number of carbonyl (C=O) groups excluding carboxylic acids is 2. The predicted octanol–water partition coefficient (Wildman–Crippen LogP) is 1.59. The van der Waals surface area contributed by atoms with Crippen LogP contribution in [0.4, 0.5) is 8.78 Å². The highest BCUT2D eigenvalue weighted by Gasteiger charge is 2.31. The molecule has 1 aromatic rings. The first-order valence-corrected chi connectivity index (χ1v) is 6.42. The van der Waals surface area contributed by atoms with E-state index < -0.39 is 17.7 Å². The van der Waals surface area contributed by atoms with Gasteiger partial charge in [-0.3, -0.25) is 9.59 Å². The largest absolute Gasteiger partial charge is 0.345 e. The molecule has 20 heavy (non-hydrogen) atoms. The molecule has 1 fully saturated rings. The van der Waals surface area contributed by atoms with Crippen LogP contribution in [0.15, 0.2) is 18.2 Å². The lowest BCUT2D eigenvalue weighted by molar-refractivity contribution is -0.135. The first-order valence-electron chi connectivity index (χ1n) is 6.42. The number of hydrogen-bond donors (Lipinski definition) is 1. The Kier molecular flexibility index (Phi) is 4.01. The van der Waals surface area contributed by atoms with Gasteiger partial charge in [-0.2, -0.15) is 0 Å². The lowest BCUT2D eigenvalue weighted by atomic mass is 10.1. The fraction of sp³-hybridized carbons (Fsp3) is 0.429. The van der Waals surface area contributed by atoms with Crippen LogP contribution in [-0.4, -0.2) is 28.8 Å². The zero-order valence-corrected chi connectivity index (χ0v) is 11.3. The molecule has 0 aromatic heterocycles. The third-order valence-electron chi connectivity index (χ3n) is 3.38. The van der Waals surface area contributed by atoms with Crippen LogP contribution in [-0.2, 0) is 16.1 Å². The van der Waals surface area contributed by atoms with Crippen molar-refractivity contribution in [2.24, 2.45) is 0 Å². The van der Waals surface area contributed by atoms with Gasteiger partial charge in [0.05, 0.1) is 0 Å². The van der Waals surface area contributed by atoms with Gasteiger partial charge >= 0.3 is 0 Å². The molecule has 0 aliphatic carbocycles. The zero-order valence-electron chi connectivity index (χ0n) is 11.3. The van der Waals surface area contributed by atoms with Crippen LogP contribution >= 0.6 is 0 Å². The highest BCUT2D eigenvalue weighted by molar-refractivity contribution is 5.90. The van der Waals surface area contributed by atoms with Crippen molar-refractivity contribution in [2.75, 3.05) is 0 Å². The van der Waals surface area contributed by atoms with Crippen molar-refractivity contribution in [1.82, 2.24) is 10.2 Å². The third kappa shape index (κ3) is 2.95. The molecule has 2 amide bonds. The van der Waals surface area contributed by atoms with Gasteiger partial charge in [0.1, 0.15) is 6.04 Å². The third-order valence-corrected chi connectivity index (χ3v) is 3.38. The summed E-state index contributed by atoms with van der Waals surface area (Å²) in [4.78, 5) is 25.3. The molecule has 108 valence electrons. The molecule has 1 aliphatic heterocycles. The second kappa shape index (κ2) is 5.56. The molecule has 1 aromatic carbocycles. The molecule has 0 spiro atoms. The summed E-state index contributed by atoms with van der Waals surface area (Å²) in [6.45, 7) is 3.52. The summed E-state index contributed by atoms with van der Waals surface area (Å²) in [7, 11) is 0. The molecule has 1 heterocycles. The molecule has 4 nitrogen and oxygen atoms in total. The fourth-order valence-corrected chi connectivity index (χ4v) is 2.28. The summed E-state index contributed by atoms with van der Waals surface area (Å²) in [6, 6.07) is 2.63. The Morgan fingerprint density at radius 2 is 1.95 bits per heavy atom. The van der Waals surface area contributed by atoms with Gasteiger partial charge in [-0.1, -0.05) is 6.07 Å².